The predicted molar refractivity (Wildman–Crippen MR) is 96.1 cm³/mol. The number of hydrogen-bond donors (Lipinski definition) is 0. The van der Waals surface area contributed by atoms with E-state index in [0.29, 0.717) is 23.3 Å². The second kappa shape index (κ2) is 7.40. The molecule has 2 heterocycles. The third-order valence-corrected chi connectivity index (χ3v) is 3.54. The Morgan fingerprint density at radius 3 is 2.35 bits per heavy atom. The lowest BCUT2D eigenvalue weighted by molar-refractivity contribution is 0.441. The van der Waals surface area contributed by atoms with Gasteiger partial charge in [-0.25, -0.2) is 15.0 Å². The summed E-state index contributed by atoms with van der Waals surface area (Å²) < 4.78 is 11.7. The van der Waals surface area contributed by atoms with Gasteiger partial charge in [0.05, 0.1) is 11.8 Å². The van der Waals surface area contributed by atoms with E-state index in [4.69, 9.17) is 9.47 Å². The maximum Gasteiger partial charge on any atom is 0.237 e. The van der Waals surface area contributed by atoms with E-state index in [1.807, 2.05) is 48.5 Å². The molecule has 0 atom stereocenters. The van der Waals surface area contributed by atoms with Gasteiger partial charge >= 0.3 is 0 Å². The van der Waals surface area contributed by atoms with Crippen LogP contribution in [0.25, 0.3) is 11.1 Å². The second-order valence-electron chi connectivity index (χ2n) is 5.33. The first-order chi connectivity index (χ1) is 12.9. The maximum atomic E-state index is 5.98. The molecule has 126 valence electrons. The highest BCUT2D eigenvalue weighted by Crippen LogP contribution is 2.32. The lowest BCUT2D eigenvalue weighted by Gasteiger charge is -2.10. The van der Waals surface area contributed by atoms with Crippen LogP contribution in [0.5, 0.6) is 23.3 Å². The van der Waals surface area contributed by atoms with Crippen molar-refractivity contribution in [3.63, 3.8) is 0 Å². The van der Waals surface area contributed by atoms with E-state index in [2.05, 4.69) is 19.9 Å². The molecule has 2 aromatic heterocycles. The summed E-state index contributed by atoms with van der Waals surface area (Å²) in [4.78, 5) is 16.4. The van der Waals surface area contributed by atoms with Gasteiger partial charge in [0.2, 0.25) is 11.8 Å². The standard InChI is InChI=1S/C20H14N4O2/c1-2-5-15(6-3-1)18-12-22-14-24-20(18)26-17-8-4-7-16(11-17)25-19-13-21-9-10-23-19/h1-14H. The maximum absolute atomic E-state index is 5.98. The normalized spacial score (nSPS) is 10.3. The third kappa shape index (κ3) is 3.64. The van der Waals surface area contributed by atoms with Gasteiger partial charge in [-0.15, -0.1) is 0 Å². The molecule has 0 fully saturated rings. The van der Waals surface area contributed by atoms with Crippen LogP contribution in [0.2, 0.25) is 0 Å². The summed E-state index contributed by atoms with van der Waals surface area (Å²) in [5.41, 5.74) is 1.79. The Morgan fingerprint density at radius 2 is 1.54 bits per heavy atom. The minimum Gasteiger partial charge on any atom is -0.438 e. The van der Waals surface area contributed by atoms with Crippen LogP contribution in [0.15, 0.2) is 85.7 Å². The molecule has 0 aliphatic rings. The highest BCUT2D eigenvalue weighted by atomic mass is 16.5. The van der Waals surface area contributed by atoms with Crippen molar-refractivity contribution < 1.29 is 9.47 Å². The molecule has 0 bridgehead atoms. The second-order valence-corrected chi connectivity index (χ2v) is 5.33. The third-order valence-electron chi connectivity index (χ3n) is 3.54. The molecule has 6 nitrogen and oxygen atoms in total. The molecule has 2 aromatic carbocycles. The SMILES string of the molecule is c1ccc(-c2cncnc2Oc2cccc(Oc3cnccn3)c2)cc1. The zero-order chi connectivity index (χ0) is 17.6. The van der Waals surface area contributed by atoms with Crippen LogP contribution in [-0.4, -0.2) is 19.9 Å². The molecule has 0 aliphatic carbocycles. The summed E-state index contributed by atoms with van der Waals surface area (Å²) in [7, 11) is 0. The van der Waals surface area contributed by atoms with Gasteiger partial charge in [-0.05, 0) is 17.7 Å². The van der Waals surface area contributed by atoms with Gasteiger partial charge in [-0.1, -0.05) is 36.4 Å². The van der Waals surface area contributed by atoms with Gasteiger partial charge < -0.3 is 9.47 Å². The average Bonchev–Trinajstić information content (AvgIpc) is 2.70. The van der Waals surface area contributed by atoms with Crippen molar-refractivity contribution in [2.45, 2.75) is 0 Å². The van der Waals surface area contributed by atoms with Crippen molar-refractivity contribution in [1.29, 1.82) is 0 Å². The van der Waals surface area contributed by atoms with Crippen molar-refractivity contribution in [2.75, 3.05) is 0 Å². The molecule has 0 N–H and O–H groups in total. The van der Waals surface area contributed by atoms with Gasteiger partial charge in [0.25, 0.3) is 0 Å². The quantitative estimate of drug-likeness (QED) is 0.531. The average molecular weight is 342 g/mol. The van der Waals surface area contributed by atoms with E-state index < -0.39 is 0 Å². The van der Waals surface area contributed by atoms with Crippen LogP contribution in [0.1, 0.15) is 0 Å². The smallest absolute Gasteiger partial charge is 0.237 e. The number of benzene rings is 2. The molecule has 0 radical (unpaired) electrons. The monoisotopic (exact) mass is 342 g/mol. The van der Waals surface area contributed by atoms with E-state index in [1.165, 1.54) is 6.33 Å². The molecule has 6 heteroatoms. The van der Waals surface area contributed by atoms with E-state index in [1.54, 1.807) is 30.9 Å². The molecule has 0 saturated carbocycles. The first-order valence-corrected chi connectivity index (χ1v) is 7.96. The number of nitrogens with zero attached hydrogens (tertiary/aromatic N) is 4. The highest BCUT2D eigenvalue weighted by Gasteiger charge is 2.10. The first kappa shape index (κ1) is 15.7. The van der Waals surface area contributed by atoms with Crippen LogP contribution in [0.4, 0.5) is 0 Å². The number of rotatable bonds is 5. The summed E-state index contributed by atoms with van der Waals surface area (Å²) in [6, 6.07) is 17.1. The Morgan fingerprint density at radius 1 is 0.692 bits per heavy atom. The molecule has 0 saturated heterocycles. The summed E-state index contributed by atoms with van der Waals surface area (Å²) >= 11 is 0. The molecule has 0 unspecified atom stereocenters. The summed E-state index contributed by atoms with van der Waals surface area (Å²) in [5, 5.41) is 0. The molecular formula is C20H14N4O2. The van der Waals surface area contributed by atoms with Crippen LogP contribution >= 0.6 is 0 Å². The molecular weight excluding hydrogens is 328 g/mol. The molecule has 4 rings (SSSR count). The van der Waals surface area contributed by atoms with Gasteiger partial charge in [-0.2, -0.15) is 0 Å². The fourth-order valence-electron chi connectivity index (χ4n) is 2.39. The van der Waals surface area contributed by atoms with Crippen molar-refractivity contribution in [3.8, 4) is 34.4 Å². The van der Waals surface area contributed by atoms with Crippen molar-refractivity contribution >= 4 is 0 Å². The van der Waals surface area contributed by atoms with Crippen LogP contribution < -0.4 is 9.47 Å². The molecule has 0 spiro atoms. The molecule has 26 heavy (non-hydrogen) atoms. The predicted octanol–water partition coefficient (Wildman–Crippen LogP) is 4.52. The van der Waals surface area contributed by atoms with Crippen molar-refractivity contribution in [3.05, 3.63) is 85.7 Å². The Bertz CT molecular complexity index is 995. The minimum absolute atomic E-state index is 0.414. The number of hydrogen-bond acceptors (Lipinski definition) is 6. The topological polar surface area (TPSA) is 70.0 Å². The van der Waals surface area contributed by atoms with Gasteiger partial charge in [0.15, 0.2) is 0 Å². The zero-order valence-corrected chi connectivity index (χ0v) is 13.7. The van der Waals surface area contributed by atoms with E-state index in [0.717, 1.165) is 11.1 Å². The largest absolute Gasteiger partial charge is 0.438 e. The Hall–Kier alpha value is -3.80. The Labute approximate surface area is 150 Å². The van der Waals surface area contributed by atoms with E-state index >= 15 is 0 Å². The van der Waals surface area contributed by atoms with Crippen LogP contribution in [0.3, 0.4) is 0 Å². The molecule has 0 amide bonds. The van der Waals surface area contributed by atoms with Gasteiger partial charge in [0, 0.05) is 24.7 Å². The summed E-state index contributed by atoms with van der Waals surface area (Å²) in [6.07, 6.45) is 7.90. The van der Waals surface area contributed by atoms with E-state index in [9.17, 15) is 0 Å². The Balaban J connectivity index is 1.60. The lowest BCUT2D eigenvalue weighted by Crippen LogP contribution is -1.93. The zero-order valence-electron chi connectivity index (χ0n) is 13.7. The van der Waals surface area contributed by atoms with Crippen molar-refractivity contribution in [1.82, 2.24) is 19.9 Å². The van der Waals surface area contributed by atoms with Gasteiger partial charge in [-0.3, -0.25) is 4.98 Å². The van der Waals surface area contributed by atoms with E-state index in [-0.39, 0.29) is 0 Å². The van der Waals surface area contributed by atoms with Gasteiger partial charge in [0.1, 0.15) is 17.8 Å². The molecule has 4 aromatic rings. The van der Waals surface area contributed by atoms with Crippen LogP contribution in [-0.2, 0) is 0 Å². The fourth-order valence-corrected chi connectivity index (χ4v) is 2.39. The lowest BCUT2D eigenvalue weighted by atomic mass is 10.1. The highest BCUT2D eigenvalue weighted by molar-refractivity contribution is 5.67. The minimum atomic E-state index is 0.414. The first-order valence-electron chi connectivity index (χ1n) is 7.96. The summed E-state index contributed by atoms with van der Waals surface area (Å²) in [6.45, 7) is 0. The number of aromatic nitrogens is 4. The molecule has 0 aliphatic heterocycles. The Kier molecular flexibility index (Phi) is 4.47. The van der Waals surface area contributed by atoms with Crippen LogP contribution in [0, 0.1) is 0 Å². The van der Waals surface area contributed by atoms with Crippen molar-refractivity contribution in [2.24, 2.45) is 0 Å². The number of ether oxygens (including phenoxy) is 2. The fraction of sp³-hybridized carbons (Fsp3) is 0. The summed E-state index contributed by atoms with van der Waals surface area (Å²) in [5.74, 6) is 2.08.